The van der Waals surface area contributed by atoms with Crippen molar-refractivity contribution in [2.75, 3.05) is 5.32 Å². The SMILES string of the molecule is Cn1cc(Br)cc1C(=O)Nc1ccc(Cl)c(O)c1. The third kappa shape index (κ3) is 2.68. The molecule has 0 bridgehead atoms. The molecule has 0 aliphatic carbocycles. The van der Waals surface area contributed by atoms with E-state index in [1.165, 1.54) is 12.1 Å². The topological polar surface area (TPSA) is 54.3 Å². The Labute approximate surface area is 117 Å². The number of phenolic OH excluding ortho intramolecular Hbond substituents is 1. The number of benzene rings is 1. The van der Waals surface area contributed by atoms with Gasteiger partial charge in [0, 0.05) is 29.5 Å². The number of carbonyl (C=O) groups is 1. The van der Waals surface area contributed by atoms with E-state index in [-0.39, 0.29) is 16.7 Å². The standard InChI is InChI=1S/C12H10BrClN2O2/c1-16-6-7(13)4-10(16)12(18)15-8-2-3-9(14)11(17)5-8/h2-6,17H,1H3,(H,15,18). The number of anilines is 1. The molecule has 2 rings (SSSR count). The molecule has 18 heavy (non-hydrogen) atoms. The molecule has 94 valence electrons. The Bertz CT molecular complexity index is 610. The lowest BCUT2D eigenvalue weighted by Crippen LogP contribution is -2.15. The molecule has 0 fully saturated rings. The molecule has 2 N–H and O–H groups in total. The van der Waals surface area contributed by atoms with Crippen LogP contribution in [0.5, 0.6) is 5.75 Å². The van der Waals surface area contributed by atoms with Crippen molar-refractivity contribution in [2.45, 2.75) is 0 Å². The Morgan fingerprint density at radius 2 is 2.17 bits per heavy atom. The van der Waals surface area contributed by atoms with Gasteiger partial charge in [0.15, 0.2) is 0 Å². The lowest BCUT2D eigenvalue weighted by molar-refractivity contribution is 0.101. The molecule has 2 aromatic rings. The first-order valence-corrected chi connectivity index (χ1v) is 6.26. The van der Waals surface area contributed by atoms with E-state index in [0.717, 1.165) is 4.47 Å². The molecule has 0 aliphatic heterocycles. The van der Waals surface area contributed by atoms with Crippen LogP contribution in [0.1, 0.15) is 10.5 Å². The van der Waals surface area contributed by atoms with Crippen LogP contribution in [0.2, 0.25) is 5.02 Å². The summed E-state index contributed by atoms with van der Waals surface area (Å²) in [6.45, 7) is 0. The van der Waals surface area contributed by atoms with Gasteiger partial charge in [-0.3, -0.25) is 4.79 Å². The highest BCUT2D eigenvalue weighted by molar-refractivity contribution is 9.10. The van der Waals surface area contributed by atoms with Gasteiger partial charge in [-0.2, -0.15) is 0 Å². The maximum absolute atomic E-state index is 12.0. The highest BCUT2D eigenvalue weighted by Gasteiger charge is 2.11. The van der Waals surface area contributed by atoms with Gasteiger partial charge in [-0.1, -0.05) is 11.6 Å². The van der Waals surface area contributed by atoms with Gasteiger partial charge in [-0.15, -0.1) is 0 Å². The van der Waals surface area contributed by atoms with Crippen molar-refractivity contribution in [3.05, 3.63) is 45.7 Å². The predicted molar refractivity (Wildman–Crippen MR) is 74.2 cm³/mol. The number of amides is 1. The molecule has 0 saturated carbocycles. The quantitative estimate of drug-likeness (QED) is 0.887. The van der Waals surface area contributed by atoms with Gasteiger partial charge < -0.3 is 15.0 Å². The Balaban J connectivity index is 2.21. The van der Waals surface area contributed by atoms with Gasteiger partial charge in [-0.05, 0) is 34.1 Å². The highest BCUT2D eigenvalue weighted by Crippen LogP contribution is 2.26. The van der Waals surface area contributed by atoms with Crippen molar-refractivity contribution in [3.8, 4) is 5.75 Å². The summed E-state index contributed by atoms with van der Waals surface area (Å²) in [5, 5.41) is 12.4. The predicted octanol–water partition coefficient (Wildman–Crippen LogP) is 3.40. The summed E-state index contributed by atoms with van der Waals surface area (Å²) in [6.07, 6.45) is 1.79. The zero-order valence-electron chi connectivity index (χ0n) is 9.45. The summed E-state index contributed by atoms with van der Waals surface area (Å²) in [4.78, 5) is 12.0. The molecule has 6 heteroatoms. The lowest BCUT2D eigenvalue weighted by atomic mass is 10.3. The summed E-state index contributed by atoms with van der Waals surface area (Å²) >= 11 is 8.99. The lowest BCUT2D eigenvalue weighted by Gasteiger charge is -2.07. The molecular formula is C12H10BrClN2O2. The normalized spacial score (nSPS) is 10.4. The van der Waals surface area contributed by atoms with Crippen LogP contribution in [-0.4, -0.2) is 15.6 Å². The van der Waals surface area contributed by atoms with Gasteiger partial charge in [-0.25, -0.2) is 0 Å². The van der Waals surface area contributed by atoms with E-state index < -0.39 is 0 Å². The number of nitrogens with one attached hydrogen (secondary N) is 1. The molecule has 0 aliphatic rings. The largest absolute Gasteiger partial charge is 0.506 e. The van der Waals surface area contributed by atoms with E-state index in [1.54, 1.807) is 29.9 Å². The van der Waals surface area contributed by atoms with E-state index in [4.69, 9.17) is 11.6 Å². The third-order valence-corrected chi connectivity index (χ3v) is 3.16. The fourth-order valence-electron chi connectivity index (χ4n) is 1.54. The smallest absolute Gasteiger partial charge is 0.272 e. The second-order valence-electron chi connectivity index (χ2n) is 3.77. The molecule has 1 aromatic heterocycles. The van der Waals surface area contributed by atoms with Crippen molar-refractivity contribution in [3.63, 3.8) is 0 Å². The fraction of sp³-hybridized carbons (Fsp3) is 0.0833. The Kier molecular flexibility index (Phi) is 3.63. The first-order valence-electron chi connectivity index (χ1n) is 5.09. The zero-order chi connectivity index (χ0) is 13.3. The highest BCUT2D eigenvalue weighted by atomic mass is 79.9. The van der Waals surface area contributed by atoms with Crippen LogP contribution in [0.15, 0.2) is 34.9 Å². The van der Waals surface area contributed by atoms with Crippen LogP contribution in [-0.2, 0) is 7.05 Å². The number of aryl methyl sites for hydroxylation is 1. The third-order valence-electron chi connectivity index (χ3n) is 2.41. The number of nitrogens with zero attached hydrogens (tertiary/aromatic N) is 1. The first kappa shape index (κ1) is 13.0. The number of hydrogen-bond acceptors (Lipinski definition) is 2. The average molecular weight is 330 g/mol. The van der Waals surface area contributed by atoms with Crippen LogP contribution in [0.4, 0.5) is 5.69 Å². The van der Waals surface area contributed by atoms with E-state index in [0.29, 0.717) is 11.4 Å². The van der Waals surface area contributed by atoms with Crippen LogP contribution in [0.3, 0.4) is 0 Å². The molecule has 0 saturated heterocycles. The van der Waals surface area contributed by atoms with Crippen LogP contribution >= 0.6 is 27.5 Å². The van der Waals surface area contributed by atoms with E-state index >= 15 is 0 Å². The van der Waals surface area contributed by atoms with Gasteiger partial charge in [0.2, 0.25) is 0 Å². The fourth-order valence-corrected chi connectivity index (χ4v) is 2.18. The number of rotatable bonds is 2. The molecule has 0 radical (unpaired) electrons. The molecule has 1 amide bonds. The first-order chi connectivity index (χ1) is 8.47. The monoisotopic (exact) mass is 328 g/mol. The molecule has 0 spiro atoms. The number of aromatic nitrogens is 1. The summed E-state index contributed by atoms with van der Waals surface area (Å²) in [7, 11) is 1.78. The number of halogens is 2. The minimum Gasteiger partial charge on any atom is -0.506 e. The van der Waals surface area contributed by atoms with Crippen LogP contribution in [0, 0.1) is 0 Å². The van der Waals surface area contributed by atoms with Gasteiger partial charge >= 0.3 is 0 Å². The zero-order valence-corrected chi connectivity index (χ0v) is 11.8. The molecule has 0 unspecified atom stereocenters. The number of phenols is 1. The second-order valence-corrected chi connectivity index (χ2v) is 5.10. The summed E-state index contributed by atoms with van der Waals surface area (Å²) < 4.78 is 2.53. The number of hydrogen-bond donors (Lipinski definition) is 2. The minimum atomic E-state index is -0.259. The molecule has 4 nitrogen and oxygen atoms in total. The van der Waals surface area contributed by atoms with Crippen molar-refractivity contribution >= 4 is 39.1 Å². The average Bonchev–Trinajstić information content (AvgIpc) is 2.63. The van der Waals surface area contributed by atoms with Gasteiger partial charge in [0.1, 0.15) is 11.4 Å². The van der Waals surface area contributed by atoms with Gasteiger partial charge in [0.05, 0.1) is 5.02 Å². The van der Waals surface area contributed by atoms with E-state index in [1.807, 2.05) is 0 Å². The summed E-state index contributed by atoms with van der Waals surface area (Å²) in [5.41, 5.74) is 0.996. The summed E-state index contributed by atoms with van der Waals surface area (Å²) in [6, 6.07) is 6.26. The van der Waals surface area contributed by atoms with Crippen LogP contribution in [0.25, 0.3) is 0 Å². The van der Waals surface area contributed by atoms with E-state index in [2.05, 4.69) is 21.2 Å². The molecule has 1 heterocycles. The Hall–Kier alpha value is -1.46. The molecular weight excluding hydrogens is 320 g/mol. The van der Waals surface area contributed by atoms with Gasteiger partial charge in [0.25, 0.3) is 5.91 Å². The maximum atomic E-state index is 12.0. The van der Waals surface area contributed by atoms with Crippen molar-refractivity contribution in [1.29, 1.82) is 0 Å². The molecule has 1 aromatic carbocycles. The Morgan fingerprint density at radius 1 is 1.44 bits per heavy atom. The number of aromatic hydroxyl groups is 1. The van der Waals surface area contributed by atoms with Crippen LogP contribution < -0.4 is 5.32 Å². The Morgan fingerprint density at radius 3 is 2.72 bits per heavy atom. The van der Waals surface area contributed by atoms with Crippen molar-refractivity contribution < 1.29 is 9.90 Å². The molecule has 0 atom stereocenters. The number of carbonyl (C=O) groups excluding carboxylic acids is 1. The van der Waals surface area contributed by atoms with Crippen molar-refractivity contribution in [1.82, 2.24) is 4.57 Å². The summed E-state index contributed by atoms with van der Waals surface area (Å²) in [5.74, 6) is -0.326. The second kappa shape index (κ2) is 5.04. The maximum Gasteiger partial charge on any atom is 0.272 e. The van der Waals surface area contributed by atoms with Crippen molar-refractivity contribution in [2.24, 2.45) is 7.05 Å². The minimum absolute atomic E-state index is 0.0671. The van der Waals surface area contributed by atoms with E-state index in [9.17, 15) is 9.90 Å².